The Balaban J connectivity index is 2.01. The number of aliphatic carboxylic acids is 1. The zero-order valence-electron chi connectivity index (χ0n) is 9.45. The molecule has 1 heterocycles. The summed E-state index contributed by atoms with van der Waals surface area (Å²) in [4.78, 5) is 11.7. The Bertz CT molecular complexity index is 538. The number of nitrogens with zero attached hydrogens (tertiary/aromatic N) is 4. The molecule has 1 aromatic heterocycles. The molecule has 0 saturated carbocycles. The number of tetrazole rings is 1. The summed E-state index contributed by atoms with van der Waals surface area (Å²) >= 11 is 0. The van der Waals surface area contributed by atoms with Crippen LogP contribution in [0, 0.1) is 5.82 Å². The first-order chi connectivity index (χ1) is 8.65. The van der Waals surface area contributed by atoms with E-state index in [0.29, 0.717) is 24.4 Å². The van der Waals surface area contributed by atoms with Gasteiger partial charge in [-0.05, 0) is 35.9 Å². The molecule has 0 spiro atoms. The van der Waals surface area contributed by atoms with Crippen molar-refractivity contribution in [2.75, 3.05) is 0 Å². The highest BCUT2D eigenvalue weighted by Gasteiger charge is 2.06. The van der Waals surface area contributed by atoms with Gasteiger partial charge in [0.25, 0.3) is 0 Å². The topological polar surface area (TPSA) is 80.9 Å². The van der Waals surface area contributed by atoms with Crippen LogP contribution < -0.4 is 0 Å². The number of aromatic nitrogens is 4. The Morgan fingerprint density at radius 3 is 2.72 bits per heavy atom. The summed E-state index contributed by atoms with van der Waals surface area (Å²) in [5, 5.41) is 20.2. The minimum atomic E-state index is -0.853. The summed E-state index contributed by atoms with van der Waals surface area (Å²) in [6.45, 7) is 0.389. The van der Waals surface area contributed by atoms with Gasteiger partial charge in [0, 0.05) is 12.0 Å². The number of halogens is 1. The largest absolute Gasteiger partial charge is 0.481 e. The van der Waals surface area contributed by atoms with Gasteiger partial charge in [-0.1, -0.05) is 0 Å². The van der Waals surface area contributed by atoms with Gasteiger partial charge in [0.05, 0.1) is 6.54 Å². The summed E-state index contributed by atoms with van der Waals surface area (Å²) in [5.74, 6) is -0.785. The number of carbonyl (C=O) groups is 1. The molecule has 1 N–H and O–H groups in total. The van der Waals surface area contributed by atoms with Crippen LogP contribution in [0.25, 0.3) is 11.4 Å². The molecule has 0 fully saturated rings. The van der Waals surface area contributed by atoms with Crippen LogP contribution in [0.1, 0.15) is 12.8 Å². The molecule has 0 unspecified atom stereocenters. The van der Waals surface area contributed by atoms with Gasteiger partial charge in [-0.2, -0.15) is 4.80 Å². The summed E-state index contributed by atoms with van der Waals surface area (Å²) < 4.78 is 12.7. The van der Waals surface area contributed by atoms with E-state index < -0.39 is 5.97 Å². The molecule has 0 radical (unpaired) electrons. The van der Waals surface area contributed by atoms with Crippen molar-refractivity contribution in [3.63, 3.8) is 0 Å². The molecule has 6 nitrogen and oxygen atoms in total. The van der Waals surface area contributed by atoms with E-state index in [0.717, 1.165) is 0 Å². The second-order valence-electron chi connectivity index (χ2n) is 3.71. The lowest BCUT2D eigenvalue weighted by atomic mass is 10.2. The lowest BCUT2D eigenvalue weighted by Gasteiger charge is -1.96. The van der Waals surface area contributed by atoms with E-state index in [-0.39, 0.29) is 12.2 Å². The van der Waals surface area contributed by atoms with Crippen LogP contribution in [0.5, 0.6) is 0 Å². The predicted molar refractivity (Wildman–Crippen MR) is 60.1 cm³/mol. The van der Waals surface area contributed by atoms with Gasteiger partial charge in [-0.25, -0.2) is 4.39 Å². The molecule has 0 atom stereocenters. The molecule has 18 heavy (non-hydrogen) atoms. The van der Waals surface area contributed by atoms with E-state index in [9.17, 15) is 9.18 Å². The maximum absolute atomic E-state index is 12.7. The maximum atomic E-state index is 12.7. The van der Waals surface area contributed by atoms with Gasteiger partial charge < -0.3 is 5.11 Å². The van der Waals surface area contributed by atoms with Gasteiger partial charge in [0.15, 0.2) is 0 Å². The van der Waals surface area contributed by atoms with Crippen LogP contribution in [-0.2, 0) is 11.3 Å². The Morgan fingerprint density at radius 1 is 1.33 bits per heavy atom. The van der Waals surface area contributed by atoms with Gasteiger partial charge in [0.1, 0.15) is 5.82 Å². The highest BCUT2D eigenvalue weighted by Crippen LogP contribution is 2.13. The van der Waals surface area contributed by atoms with Gasteiger partial charge >= 0.3 is 5.97 Å². The minimum Gasteiger partial charge on any atom is -0.481 e. The molecule has 0 amide bonds. The number of rotatable bonds is 5. The van der Waals surface area contributed by atoms with Crippen molar-refractivity contribution >= 4 is 5.97 Å². The smallest absolute Gasteiger partial charge is 0.303 e. The monoisotopic (exact) mass is 250 g/mol. The normalized spacial score (nSPS) is 10.5. The van der Waals surface area contributed by atoms with Crippen LogP contribution in [0.4, 0.5) is 4.39 Å². The van der Waals surface area contributed by atoms with Crippen LogP contribution in [0.15, 0.2) is 24.3 Å². The summed E-state index contributed by atoms with van der Waals surface area (Å²) in [6.07, 6.45) is 0.502. The quantitative estimate of drug-likeness (QED) is 0.866. The van der Waals surface area contributed by atoms with Gasteiger partial charge in [0.2, 0.25) is 5.82 Å². The third-order valence-electron chi connectivity index (χ3n) is 2.30. The van der Waals surface area contributed by atoms with E-state index in [1.165, 1.54) is 16.9 Å². The molecular formula is C11H11FN4O2. The SMILES string of the molecule is O=C(O)CCCn1nnc(-c2ccc(F)cc2)n1. The number of benzene rings is 1. The fourth-order valence-electron chi connectivity index (χ4n) is 1.42. The molecule has 0 aliphatic heterocycles. The van der Waals surface area contributed by atoms with Crippen molar-refractivity contribution in [1.29, 1.82) is 0 Å². The van der Waals surface area contributed by atoms with E-state index in [4.69, 9.17) is 5.11 Å². The first-order valence-electron chi connectivity index (χ1n) is 5.41. The number of carboxylic acid groups (broad SMARTS) is 1. The third-order valence-corrected chi connectivity index (χ3v) is 2.30. The maximum Gasteiger partial charge on any atom is 0.303 e. The Labute approximate surface area is 102 Å². The van der Waals surface area contributed by atoms with Crippen molar-refractivity contribution in [3.05, 3.63) is 30.1 Å². The molecule has 0 aliphatic rings. The van der Waals surface area contributed by atoms with Crippen molar-refractivity contribution < 1.29 is 14.3 Å². The average molecular weight is 250 g/mol. The van der Waals surface area contributed by atoms with Gasteiger partial charge in [-0.3, -0.25) is 4.79 Å². The van der Waals surface area contributed by atoms with Crippen molar-refractivity contribution in [3.8, 4) is 11.4 Å². The van der Waals surface area contributed by atoms with Crippen LogP contribution in [-0.4, -0.2) is 31.3 Å². The van der Waals surface area contributed by atoms with Crippen LogP contribution in [0.2, 0.25) is 0 Å². The molecule has 0 saturated heterocycles. The van der Waals surface area contributed by atoms with Gasteiger partial charge in [-0.15, -0.1) is 10.2 Å². The van der Waals surface area contributed by atoms with E-state index >= 15 is 0 Å². The first kappa shape index (κ1) is 12.2. The van der Waals surface area contributed by atoms with E-state index in [1.807, 2.05) is 0 Å². The molecule has 94 valence electrons. The molecule has 2 rings (SSSR count). The zero-order chi connectivity index (χ0) is 13.0. The lowest BCUT2D eigenvalue weighted by Crippen LogP contribution is -2.05. The highest BCUT2D eigenvalue weighted by molar-refractivity contribution is 5.66. The standard InChI is InChI=1S/C11H11FN4O2/c12-9-5-3-8(4-6-9)11-13-15-16(14-11)7-1-2-10(17)18/h3-6H,1-2,7H2,(H,17,18). The van der Waals surface area contributed by atoms with Crippen molar-refractivity contribution in [1.82, 2.24) is 20.2 Å². The molecular weight excluding hydrogens is 239 g/mol. The van der Waals surface area contributed by atoms with Crippen LogP contribution >= 0.6 is 0 Å². The molecule has 0 bridgehead atoms. The van der Waals surface area contributed by atoms with Crippen LogP contribution in [0.3, 0.4) is 0 Å². The average Bonchev–Trinajstić information content (AvgIpc) is 2.78. The number of hydrogen-bond acceptors (Lipinski definition) is 4. The van der Waals surface area contributed by atoms with E-state index in [2.05, 4.69) is 15.4 Å². The summed E-state index contributed by atoms with van der Waals surface area (Å²) in [7, 11) is 0. The second kappa shape index (κ2) is 5.35. The van der Waals surface area contributed by atoms with Crippen molar-refractivity contribution in [2.24, 2.45) is 0 Å². The molecule has 1 aromatic carbocycles. The minimum absolute atomic E-state index is 0.0629. The lowest BCUT2D eigenvalue weighted by molar-refractivity contribution is -0.137. The number of hydrogen-bond donors (Lipinski definition) is 1. The second-order valence-corrected chi connectivity index (χ2v) is 3.71. The Morgan fingerprint density at radius 2 is 2.06 bits per heavy atom. The summed E-state index contributed by atoms with van der Waals surface area (Å²) in [6, 6.07) is 5.77. The third kappa shape index (κ3) is 3.09. The number of aryl methyl sites for hydroxylation is 1. The fraction of sp³-hybridized carbons (Fsp3) is 0.273. The fourth-order valence-corrected chi connectivity index (χ4v) is 1.42. The number of carboxylic acids is 1. The molecule has 2 aromatic rings. The highest BCUT2D eigenvalue weighted by atomic mass is 19.1. The zero-order valence-corrected chi connectivity index (χ0v) is 9.45. The first-order valence-corrected chi connectivity index (χ1v) is 5.41. The van der Waals surface area contributed by atoms with Crippen molar-refractivity contribution in [2.45, 2.75) is 19.4 Å². The predicted octanol–water partition coefficient (Wildman–Crippen LogP) is 1.34. The Hall–Kier alpha value is -2.31. The van der Waals surface area contributed by atoms with E-state index in [1.54, 1.807) is 12.1 Å². The molecule has 7 heteroatoms. The summed E-state index contributed by atoms with van der Waals surface area (Å²) in [5.41, 5.74) is 0.667. The Kier molecular flexibility index (Phi) is 3.61. The molecule has 0 aliphatic carbocycles.